The summed E-state index contributed by atoms with van der Waals surface area (Å²) in [5, 5.41) is 9.31. The van der Waals surface area contributed by atoms with E-state index in [0.29, 0.717) is 0 Å². The molecule has 22 heavy (non-hydrogen) atoms. The van der Waals surface area contributed by atoms with Gasteiger partial charge < -0.3 is 9.80 Å². The van der Waals surface area contributed by atoms with Crippen LogP contribution in [0.4, 0.5) is 11.4 Å². The lowest BCUT2D eigenvalue weighted by Crippen LogP contribution is -2.46. The van der Waals surface area contributed by atoms with E-state index >= 15 is 0 Å². The SMILES string of the molecule is Cc1cccc(N2CCN(c3cc(C)ccc3C#N)CC2)c1. The van der Waals surface area contributed by atoms with Crippen LogP contribution < -0.4 is 9.80 Å². The van der Waals surface area contributed by atoms with Crippen molar-refractivity contribution in [2.45, 2.75) is 13.8 Å². The fraction of sp³-hybridized carbons (Fsp3) is 0.316. The number of piperazine rings is 1. The molecule has 0 atom stereocenters. The molecule has 3 heteroatoms. The molecule has 3 rings (SSSR count). The van der Waals surface area contributed by atoms with Crippen molar-refractivity contribution in [1.82, 2.24) is 0 Å². The molecule has 2 aromatic carbocycles. The maximum atomic E-state index is 9.31. The predicted molar refractivity (Wildman–Crippen MR) is 91.5 cm³/mol. The van der Waals surface area contributed by atoms with Crippen LogP contribution in [0, 0.1) is 25.2 Å². The van der Waals surface area contributed by atoms with Crippen molar-refractivity contribution in [3.63, 3.8) is 0 Å². The van der Waals surface area contributed by atoms with Gasteiger partial charge in [-0.3, -0.25) is 0 Å². The van der Waals surface area contributed by atoms with Crippen LogP contribution in [-0.2, 0) is 0 Å². The topological polar surface area (TPSA) is 30.3 Å². The Bertz CT molecular complexity index is 707. The highest BCUT2D eigenvalue weighted by Gasteiger charge is 2.19. The van der Waals surface area contributed by atoms with E-state index in [-0.39, 0.29) is 0 Å². The van der Waals surface area contributed by atoms with Gasteiger partial charge in [0.1, 0.15) is 6.07 Å². The Morgan fingerprint density at radius 1 is 0.864 bits per heavy atom. The Kier molecular flexibility index (Phi) is 4.02. The number of benzene rings is 2. The molecule has 1 saturated heterocycles. The van der Waals surface area contributed by atoms with Crippen molar-refractivity contribution < 1.29 is 0 Å². The Balaban J connectivity index is 1.75. The molecule has 0 unspecified atom stereocenters. The molecule has 0 aromatic heterocycles. The second-order valence-corrected chi connectivity index (χ2v) is 5.95. The van der Waals surface area contributed by atoms with Crippen molar-refractivity contribution in [3.8, 4) is 6.07 Å². The summed E-state index contributed by atoms with van der Waals surface area (Å²) in [6, 6.07) is 17.0. The van der Waals surface area contributed by atoms with Crippen LogP contribution in [-0.4, -0.2) is 26.2 Å². The van der Waals surface area contributed by atoms with E-state index in [4.69, 9.17) is 0 Å². The Morgan fingerprint density at radius 3 is 2.23 bits per heavy atom. The normalized spacial score (nSPS) is 14.8. The minimum Gasteiger partial charge on any atom is -0.368 e. The molecule has 1 fully saturated rings. The van der Waals surface area contributed by atoms with Gasteiger partial charge in [0.05, 0.1) is 11.3 Å². The number of anilines is 2. The van der Waals surface area contributed by atoms with Gasteiger partial charge in [-0.05, 0) is 49.2 Å². The number of aryl methyl sites for hydroxylation is 2. The first-order chi connectivity index (χ1) is 10.7. The average molecular weight is 291 g/mol. The van der Waals surface area contributed by atoms with Crippen molar-refractivity contribution in [2.24, 2.45) is 0 Å². The molecule has 0 aliphatic carbocycles. The van der Waals surface area contributed by atoms with Gasteiger partial charge in [0, 0.05) is 31.9 Å². The van der Waals surface area contributed by atoms with Gasteiger partial charge in [0.25, 0.3) is 0 Å². The van der Waals surface area contributed by atoms with E-state index in [1.54, 1.807) is 0 Å². The summed E-state index contributed by atoms with van der Waals surface area (Å²) >= 11 is 0. The number of hydrogen-bond donors (Lipinski definition) is 0. The lowest BCUT2D eigenvalue weighted by molar-refractivity contribution is 0.653. The van der Waals surface area contributed by atoms with Crippen LogP contribution in [0.5, 0.6) is 0 Å². The first kappa shape index (κ1) is 14.5. The minimum absolute atomic E-state index is 0.773. The molecule has 1 aliphatic heterocycles. The largest absolute Gasteiger partial charge is 0.368 e. The van der Waals surface area contributed by atoms with E-state index in [1.807, 2.05) is 12.1 Å². The quantitative estimate of drug-likeness (QED) is 0.848. The maximum absolute atomic E-state index is 9.31. The zero-order valence-corrected chi connectivity index (χ0v) is 13.2. The first-order valence-corrected chi connectivity index (χ1v) is 7.75. The van der Waals surface area contributed by atoms with Gasteiger partial charge in [-0.1, -0.05) is 18.2 Å². The summed E-state index contributed by atoms with van der Waals surface area (Å²) in [5.74, 6) is 0. The van der Waals surface area contributed by atoms with Crippen molar-refractivity contribution in [2.75, 3.05) is 36.0 Å². The van der Waals surface area contributed by atoms with E-state index in [2.05, 4.69) is 60.0 Å². The molecule has 0 radical (unpaired) electrons. The van der Waals surface area contributed by atoms with E-state index < -0.39 is 0 Å². The number of rotatable bonds is 2. The number of nitrogens with zero attached hydrogens (tertiary/aromatic N) is 3. The minimum atomic E-state index is 0.773. The Labute approximate surface area is 132 Å². The van der Waals surface area contributed by atoms with Gasteiger partial charge in [-0.25, -0.2) is 0 Å². The van der Waals surface area contributed by atoms with Crippen LogP contribution in [0.2, 0.25) is 0 Å². The summed E-state index contributed by atoms with van der Waals surface area (Å²) in [6.45, 7) is 8.09. The summed E-state index contributed by atoms with van der Waals surface area (Å²) in [5.41, 5.74) is 5.64. The highest BCUT2D eigenvalue weighted by molar-refractivity contribution is 5.62. The second-order valence-electron chi connectivity index (χ2n) is 5.95. The summed E-state index contributed by atoms with van der Waals surface area (Å²) in [4.78, 5) is 4.75. The van der Waals surface area contributed by atoms with Gasteiger partial charge in [-0.2, -0.15) is 5.26 Å². The van der Waals surface area contributed by atoms with Crippen LogP contribution in [0.25, 0.3) is 0 Å². The van der Waals surface area contributed by atoms with Crippen molar-refractivity contribution >= 4 is 11.4 Å². The van der Waals surface area contributed by atoms with E-state index in [9.17, 15) is 5.26 Å². The monoisotopic (exact) mass is 291 g/mol. The summed E-state index contributed by atoms with van der Waals surface area (Å²) < 4.78 is 0. The lowest BCUT2D eigenvalue weighted by Gasteiger charge is -2.38. The molecule has 0 spiro atoms. The lowest BCUT2D eigenvalue weighted by atomic mass is 10.1. The fourth-order valence-corrected chi connectivity index (χ4v) is 3.03. The number of hydrogen-bond acceptors (Lipinski definition) is 3. The number of nitriles is 1. The molecular weight excluding hydrogens is 270 g/mol. The average Bonchev–Trinajstić information content (AvgIpc) is 2.55. The first-order valence-electron chi connectivity index (χ1n) is 7.75. The zero-order chi connectivity index (χ0) is 15.5. The van der Waals surface area contributed by atoms with Crippen LogP contribution in [0.15, 0.2) is 42.5 Å². The molecule has 0 N–H and O–H groups in total. The highest BCUT2D eigenvalue weighted by Crippen LogP contribution is 2.25. The van der Waals surface area contributed by atoms with Gasteiger partial charge >= 0.3 is 0 Å². The van der Waals surface area contributed by atoms with Crippen LogP contribution >= 0.6 is 0 Å². The van der Waals surface area contributed by atoms with Crippen molar-refractivity contribution in [1.29, 1.82) is 5.26 Å². The summed E-state index contributed by atoms with van der Waals surface area (Å²) in [7, 11) is 0. The molecule has 2 aromatic rings. The van der Waals surface area contributed by atoms with Gasteiger partial charge in [0.2, 0.25) is 0 Å². The van der Waals surface area contributed by atoms with Crippen LogP contribution in [0.3, 0.4) is 0 Å². The van der Waals surface area contributed by atoms with Crippen molar-refractivity contribution in [3.05, 3.63) is 59.2 Å². The molecule has 1 heterocycles. The predicted octanol–water partition coefficient (Wildman–Crippen LogP) is 3.50. The van der Waals surface area contributed by atoms with E-state index in [0.717, 1.165) is 37.4 Å². The highest BCUT2D eigenvalue weighted by atomic mass is 15.3. The third-order valence-electron chi connectivity index (χ3n) is 4.26. The Hall–Kier alpha value is -2.47. The fourth-order valence-electron chi connectivity index (χ4n) is 3.03. The molecular formula is C19H21N3. The van der Waals surface area contributed by atoms with E-state index in [1.165, 1.54) is 16.8 Å². The molecule has 1 aliphatic rings. The molecule has 0 amide bonds. The third kappa shape index (κ3) is 2.92. The molecule has 0 saturated carbocycles. The summed E-state index contributed by atoms with van der Waals surface area (Å²) in [6.07, 6.45) is 0. The smallest absolute Gasteiger partial charge is 0.101 e. The maximum Gasteiger partial charge on any atom is 0.101 e. The van der Waals surface area contributed by atoms with Gasteiger partial charge in [0.15, 0.2) is 0 Å². The zero-order valence-electron chi connectivity index (χ0n) is 13.2. The van der Waals surface area contributed by atoms with Gasteiger partial charge in [-0.15, -0.1) is 0 Å². The Morgan fingerprint density at radius 2 is 1.55 bits per heavy atom. The second kappa shape index (κ2) is 6.11. The molecule has 112 valence electrons. The molecule has 3 nitrogen and oxygen atoms in total. The van der Waals surface area contributed by atoms with Crippen LogP contribution in [0.1, 0.15) is 16.7 Å². The molecule has 0 bridgehead atoms. The third-order valence-corrected chi connectivity index (χ3v) is 4.26. The standard InChI is InChI=1S/C19H21N3/c1-15-4-3-5-18(12-15)21-8-10-22(11-9-21)19-13-16(2)6-7-17(19)14-20/h3-7,12-13H,8-11H2,1-2H3.